The number of hydrogen-bond donors (Lipinski definition) is 2. The molecule has 1 heterocycles. The minimum Gasteiger partial charge on any atom is -0.372 e. The molecule has 5 nitrogen and oxygen atoms in total. The Kier molecular flexibility index (Phi) is 10.7. The van der Waals surface area contributed by atoms with E-state index in [0.717, 1.165) is 31.2 Å². The molecule has 1 aliphatic rings. The van der Waals surface area contributed by atoms with E-state index in [-0.39, 0.29) is 35.8 Å². The molecule has 0 spiro atoms. The van der Waals surface area contributed by atoms with Gasteiger partial charge in [-0.1, -0.05) is 18.2 Å². The summed E-state index contributed by atoms with van der Waals surface area (Å²) in [6, 6.07) is 14.1. The maximum Gasteiger partial charge on any atom is 0.192 e. The van der Waals surface area contributed by atoms with Crippen molar-refractivity contribution in [1.82, 2.24) is 15.5 Å². The Morgan fingerprint density at radius 3 is 2.59 bits per heavy atom. The Labute approximate surface area is 209 Å². The summed E-state index contributed by atoms with van der Waals surface area (Å²) in [6.45, 7) is 8.35. The van der Waals surface area contributed by atoms with Crippen LogP contribution in [0.1, 0.15) is 49.4 Å². The van der Waals surface area contributed by atoms with Crippen LogP contribution in [0.25, 0.3) is 0 Å². The van der Waals surface area contributed by atoms with Gasteiger partial charge in [-0.15, -0.1) is 24.0 Å². The predicted octanol–water partition coefficient (Wildman–Crippen LogP) is 4.92. The summed E-state index contributed by atoms with van der Waals surface area (Å²) in [6.07, 6.45) is 2.55. The van der Waals surface area contributed by atoms with Crippen LogP contribution in [-0.4, -0.2) is 44.6 Å². The summed E-state index contributed by atoms with van der Waals surface area (Å²) in [7, 11) is 3.88. The quantitative estimate of drug-likeness (QED) is 0.277. The zero-order valence-electron chi connectivity index (χ0n) is 19.7. The topological polar surface area (TPSA) is 42.9 Å². The smallest absolute Gasteiger partial charge is 0.192 e. The molecule has 2 aromatic carbocycles. The standard InChI is InChI=1S/C25H36FN5.HI/c1-5-27-25(28-17-20-11-12-24(26)22(15-20)18-30(3)4)29-19(2)21-9-8-10-23(16-21)31-13-6-7-14-31;/h8-12,15-16,19H,5-7,13-14,17-18H2,1-4H3,(H2,27,28,29);1H. The highest BCUT2D eigenvalue weighted by molar-refractivity contribution is 14.0. The lowest BCUT2D eigenvalue weighted by molar-refractivity contribution is 0.392. The van der Waals surface area contributed by atoms with E-state index in [2.05, 4.69) is 53.6 Å². The van der Waals surface area contributed by atoms with Crippen molar-refractivity contribution in [2.45, 2.75) is 45.8 Å². The number of hydrogen-bond acceptors (Lipinski definition) is 3. The van der Waals surface area contributed by atoms with Gasteiger partial charge in [0.05, 0.1) is 12.6 Å². The zero-order chi connectivity index (χ0) is 22.2. The van der Waals surface area contributed by atoms with Crippen LogP contribution in [0.15, 0.2) is 47.5 Å². The van der Waals surface area contributed by atoms with E-state index in [1.165, 1.54) is 30.2 Å². The first-order valence-electron chi connectivity index (χ1n) is 11.3. The van der Waals surface area contributed by atoms with Crippen molar-refractivity contribution < 1.29 is 4.39 Å². The monoisotopic (exact) mass is 553 g/mol. The maximum atomic E-state index is 14.1. The fourth-order valence-corrected chi connectivity index (χ4v) is 3.93. The Balaban J connectivity index is 0.00000363. The summed E-state index contributed by atoms with van der Waals surface area (Å²) >= 11 is 0. The van der Waals surface area contributed by atoms with Crippen LogP contribution in [0.2, 0.25) is 0 Å². The van der Waals surface area contributed by atoms with Gasteiger partial charge >= 0.3 is 0 Å². The molecule has 0 amide bonds. The van der Waals surface area contributed by atoms with Gasteiger partial charge in [-0.3, -0.25) is 0 Å². The van der Waals surface area contributed by atoms with Crippen LogP contribution in [0.3, 0.4) is 0 Å². The molecule has 0 saturated carbocycles. The molecule has 3 rings (SSSR count). The summed E-state index contributed by atoms with van der Waals surface area (Å²) in [5.41, 5.74) is 4.23. The summed E-state index contributed by atoms with van der Waals surface area (Å²) in [5, 5.41) is 6.85. The lowest BCUT2D eigenvalue weighted by Crippen LogP contribution is -2.38. The van der Waals surface area contributed by atoms with Crippen LogP contribution in [0.4, 0.5) is 10.1 Å². The van der Waals surface area contributed by atoms with Gasteiger partial charge in [0, 0.05) is 37.4 Å². The van der Waals surface area contributed by atoms with Gasteiger partial charge in [-0.25, -0.2) is 9.38 Å². The number of halogens is 2. The zero-order valence-corrected chi connectivity index (χ0v) is 22.0. The van der Waals surface area contributed by atoms with Crippen LogP contribution >= 0.6 is 24.0 Å². The average Bonchev–Trinajstić information content (AvgIpc) is 3.29. The molecule has 0 aromatic heterocycles. The number of nitrogens with zero attached hydrogens (tertiary/aromatic N) is 3. The molecule has 1 saturated heterocycles. The third-order valence-corrected chi connectivity index (χ3v) is 5.56. The predicted molar refractivity (Wildman–Crippen MR) is 143 cm³/mol. The van der Waals surface area contributed by atoms with Gasteiger partial charge in [0.25, 0.3) is 0 Å². The van der Waals surface area contributed by atoms with Crippen molar-refractivity contribution in [2.75, 3.05) is 38.6 Å². The molecular formula is C25H37FIN5. The maximum absolute atomic E-state index is 14.1. The Hall–Kier alpha value is -1.87. The first kappa shape index (κ1) is 26.4. The molecule has 1 aliphatic heterocycles. The molecule has 0 radical (unpaired) electrons. The first-order valence-corrected chi connectivity index (χ1v) is 11.3. The second-order valence-corrected chi connectivity index (χ2v) is 8.51. The molecule has 2 N–H and O–H groups in total. The van der Waals surface area contributed by atoms with Gasteiger partial charge in [-0.05, 0) is 76.2 Å². The third-order valence-electron chi connectivity index (χ3n) is 5.56. The number of rotatable bonds is 8. The third kappa shape index (κ3) is 7.62. The molecular weight excluding hydrogens is 516 g/mol. The highest BCUT2D eigenvalue weighted by Gasteiger charge is 2.14. The highest BCUT2D eigenvalue weighted by atomic mass is 127. The largest absolute Gasteiger partial charge is 0.372 e. The summed E-state index contributed by atoms with van der Waals surface area (Å²) in [5.74, 6) is 0.595. The van der Waals surface area contributed by atoms with Crippen LogP contribution in [0.5, 0.6) is 0 Å². The normalized spacial score (nSPS) is 14.9. The van der Waals surface area contributed by atoms with Crippen molar-refractivity contribution >= 4 is 35.6 Å². The van der Waals surface area contributed by atoms with E-state index in [1.807, 2.05) is 31.1 Å². The number of nitrogens with one attached hydrogen (secondary N) is 2. The minimum atomic E-state index is -0.169. The van der Waals surface area contributed by atoms with Gasteiger partial charge in [0.15, 0.2) is 5.96 Å². The SMILES string of the molecule is CCNC(=NCc1ccc(F)c(CN(C)C)c1)NC(C)c1cccc(N2CCCC2)c1.I. The molecule has 32 heavy (non-hydrogen) atoms. The number of benzene rings is 2. The van der Waals surface area contributed by atoms with Crippen molar-refractivity contribution in [3.63, 3.8) is 0 Å². The molecule has 2 aromatic rings. The number of anilines is 1. The number of guanidine groups is 1. The van der Waals surface area contributed by atoms with Crippen molar-refractivity contribution in [3.05, 3.63) is 65.0 Å². The first-order chi connectivity index (χ1) is 15.0. The lowest BCUT2D eigenvalue weighted by atomic mass is 10.1. The van der Waals surface area contributed by atoms with Crippen LogP contribution in [0, 0.1) is 5.82 Å². The van der Waals surface area contributed by atoms with E-state index < -0.39 is 0 Å². The van der Waals surface area contributed by atoms with Crippen molar-refractivity contribution in [1.29, 1.82) is 0 Å². The second kappa shape index (κ2) is 13.0. The minimum absolute atomic E-state index is 0. The Morgan fingerprint density at radius 1 is 1.16 bits per heavy atom. The second-order valence-electron chi connectivity index (χ2n) is 8.51. The Morgan fingerprint density at radius 2 is 1.91 bits per heavy atom. The summed E-state index contributed by atoms with van der Waals surface area (Å²) < 4.78 is 14.1. The lowest BCUT2D eigenvalue weighted by Gasteiger charge is -2.22. The summed E-state index contributed by atoms with van der Waals surface area (Å²) in [4.78, 5) is 9.17. The van der Waals surface area contributed by atoms with E-state index >= 15 is 0 Å². The van der Waals surface area contributed by atoms with Gasteiger partial charge in [-0.2, -0.15) is 0 Å². The van der Waals surface area contributed by atoms with E-state index in [9.17, 15) is 4.39 Å². The molecule has 0 aliphatic carbocycles. The fraction of sp³-hybridized carbons (Fsp3) is 0.480. The van der Waals surface area contributed by atoms with E-state index in [0.29, 0.717) is 18.7 Å². The molecule has 1 unspecified atom stereocenters. The van der Waals surface area contributed by atoms with Crippen LogP contribution < -0.4 is 15.5 Å². The van der Waals surface area contributed by atoms with Crippen molar-refractivity contribution in [2.24, 2.45) is 4.99 Å². The number of aliphatic imine (C=N–C) groups is 1. The molecule has 1 atom stereocenters. The van der Waals surface area contributed by atoms with Crippen molar-refractivity contribution in [3.8, 4) is 0 Å². The van der Waals surface area contributed by atoms with Crippen LogP contribution in [-0.2, 0) is 13.1 Å². The average molecular weight is 554 g/mol. The molecule has 0 bridgehead atoms. The molecule has 7 heteroatoms. The fourth-order valence-electron chi connectivity index (χ4n) is 3.93. The Bertz CT molecular complexity index is 880. The van der Waals surface area contributed by atoms with Gasteiger partial charge in [0.1, 0.15) is 5.82 Å². The van der Waals surface area contributed by atoms with Gasteiger partial charge < -0.3 is 20.4 Å². The molecule has 176 valence electrons. The van der Waals surface area contributed by atoms with E-state index in [4.69, 9.17) is 4.99 Å². The highest BCUT2D eigenvalue weighted by Crippen LogP contribution is 2.24. The van der Waals surface area contributed by atoms with Gasteiger partial charge in [0.2, 0.25) is 0 Å². The van der Waals surface area contributed by atoms with E-state index in [1.54, 1.807) is 0 Å². The molecule has 1 fully saturated rings.